The first-order chi connectivity index (χ1) is 17.2. The minimum absolute atomic E-state index is 0.232. The molecule has 7 heterocycles. The third kappa shape index (κ3) is 4.52. The van der Waals surface area contributed by atoms with E-state index in [1.807, 2.05) is 6.20 Å². The average molecular weight is 532 g/mol. The molecule has 5 fully saturated rings. The molecule has 0 amide bonds. The van der Waals surface area contributed by atoms with Crippen LogP contribution in [0.4, 0.5) is 5.82 Å². The fourth-order valence-electron chi connectivity index (χ4n) is 6.12. The molecule has 5 aliphatic rings. The van der Waals surface area contributed by atoms with E-state index in [2.05, 4.69) is 54.3 Å². The van der Waals surface area contributed by atoms with Gasteiger partial charge in [0.2, 0.25) is 11.0 Å². The maximum Gasteiger partial charge on any atom is 0.229 e. The molecule has 3 aromatic rings. The highest BCUT2D eigenvalue weighted by molar-refractivity contribution is 8.00. The molecule has 0 spiro atoms. The van der Waals surface area contributed by atoms with Gasteiger partial charge in [-0.25, -0.2) is 9.97 Å². The maximum atomic E-state index is 6.27. The lowest BCUT2D eigenvalue weighted by Crippen LogP contribution is -2.36. The molecule has 0 aromatic carbocycles. The predicted octanol–water partition coefficient (Wildman–Crippen LogP) is 4.85. The highest BCUT2D eigenvalue weighted by Gasteiger charge is 2.38. The first kappa shape index (κ1) is 22.9. The van der Waals surface area contributed by atoms with E-state index in [9.17, 15) is 0 Å². The van der Waals surface area contributed by atoms with Crippen molar-refractivity contribution in [2.45, 2.75) is 48.8 Å². The van der Waals surface area contributed by atoms with E-state index in [0.29, 0.717) is 30.6 Å². The van der Waals surface area contributed by atoms with E-state index in [4.69, 9.17) is 20.8 Å². The Balaban J connectivity index is 0.000000256. The fourth-order valence-corrected chi connectivity index (χ4v) is 9.34. The molecule has 10 heteroatoms. The molecule has 0 N–H and O–H groups in total. The van der Waals surface area contributed by atoms with Crippen LogP contribution in [0.15, 0.2) is 16.7 Å². The number of pyridine rings is 1. The number of furan rings is 1. The van der Waals surface area contributed by atoms with Gasteiger partial charge in [-0.15, -0.1) is 0 Å². The summed E-state index contributed by atoms with van der Waals surface area (Å²) in [6.45, 7) is 4.95. The van der Waals surface area contributed by atoms with Crippen LogP contribution in [0.2, 0.25) is 5.28 Å². The minimum atomic E-state index is 0.232. The summed E-state index contributed by atoms with van der Waals surface area (Å²) in [4.78, 5) is 18.2. The SMILES string of the molecule is C1C[C@@H]2C[C@H]1CS2.Clc1nc(N2CCOCC2)c2oc3ncc(CN4C[C@@H]5C[C@H]4CS5)cc3c2n1. The van der Waals surface area contributed by atoms with Crippen LogP contribution in [0.1, 0.15) is 31.2 Å². The van der Waals surface area contributed by atoms with E-state index in [-0.39, 0.29) is 5.28 Å². The molecular formula is C25H30ClN5O2S2. The van der Waals surface area contributed by atoms with Crippen molar-refractivity contribution in [3.63, 3.8) is 0 Å². The zero-order valence-corrected chi connectivity index (χ0v) is 22.1. The highest BCUT2D eigenvalue weighted by atomic mass is 35.5. The third-order valence-electron chi connectivity index (χ3n) is 7.95. The van der Waals surface area contributed by atoms with Gasteiger partial charge < -0.3 is 14.1 Å². The second-order valence-corrected chi connectivity index (χ2v) is 13.3. The van der Waals surface area contributed by atoms with Crippen LogP contribution in [0.25, 0.3) is 22.2 Å². The van der Waals surface area contributed by atoms with E-state index in [0.717, 1.165) is 52.8 Å². The van der Waals surface area contributed by atoms with Gasteiger partial charge in [0.1, 0.15) is 5.52 Å². The number of ether oxygens (including phenoxy) is 1. The predicted molar refractivity (Wildman–Crippen MR) is 144 cm³/mol. The number of likely N-dealkylation sites (tertiary alicyclic amines) is 1. The standard InChI is InChI=1S/C19H20ClN5O2S.C6H10S/c20-19-22-15-14-5-11(8-25-9-13-6-12(25)10-28-13)7-21-18(14)27-16(15)17(23-19)24-1-3-26-4-2-24;1-2-6-3-5(1)4-7-6/h5,7,12-13H,1-4,6,8-10H2;5-6H,1-4H2/t12-,13-;5-,6+/m00/s1. The van der Waals surface area contributed by atoms with Crippen LogP contribution in [0.5, 0.6) is 0 Å². The molecule has 7 nitrogen and oxygen atoms in total. The van der Waals surface area contributed by atoms with E-state index in [1.165, 1.54) is 42.9 Å². The number of nitrogens with zero attached hydrogens (tertiary/aromatic N) is 5. The van der Waals surface area contributed by atoms with Gasteiger partial charge in [-0.3, -0.25) is 4.90 Å². The average Bonchev–Trinajstić information content (AvgIpc) is 3.72. The number of anilines is 1. The molecule has 4 aliphatic heterocycles. The quantitative estimate of drug-likeness (QED) is 0.441. The number of fused-ring (bicyclic) bond motifs is 7. The lowest BCUT2D eigenvalue weighted by molar-refractivity contribution is 0.122. The van der Waals surface area contributed by atoms with E-state index in [1.54, 1.807) is 6.42 Å². The van der Waals surface area contributed by atoms with Crippen LogP contribution < -0.4 is 4.90 Å². The molecule has 4 saturated heterocycles. The zero-order chi connectivity index (χ0) is 23.4. The van der Waals surface area contributed by atoms with Crippen LogP contribution in [-0.4, -0.2) is 80.7 Å². The topological polar surface area (TPSA) is 67.5 Å². The van der Waals surface area contributed by atoms with E-state index >= 15 is 0 Å². The van der Waals surface area contributed by atoms with Crippen molar-refractivity contribution in [2.75, 3.05) is 49.3 Å². The molecule has 1 saturated carbocycles. The van der Waals surface area contributed by atoms with Crippen LogP contribution in [0, 0.1) is 5.92 Å². The second kappa shape index (κ2) is 9.56. The van der Waals surface area contributed by atoms with Crippen molar-refractivity contribution < 1.29 is 9.15 Å². The van der Waals surface area contributed by atoms with Gasteiger partial charge in [-0.1, -0.05) is 0 Å². The monoisotopic (exact) mass is 531 g/mol. The van der Waals surface area contributed by atoms with Crippen molar-refractivity contribution in [1.82, 2.24) is 19.9 Å². The largest absolute Gasteiger partial charge is 0.432 e. The van der Waals surface area contributed by atoms with Gasteiger partial charge in [0.15, 0.2) is 11.4 Å². The zero-order valence-electron chi connectivity index (χ0n) is 19.7. The molecule has 8 rings (SSSR count). The summed E-state index contributed by atoms with van der Waals surface area (Å²) in [5.74, 6) is 4.59. The van der Waals surface area contributed by atoms with Gasteiger partial charge in [-0.05, 0) is 60.6 Å². The highest BCUT2D eigenvalue weighted by Crippen LogP contribution is 2.43. The number of hydrogen-bond acceptors (Lipinski definition) is 9. The molecule has 3 aromatic heterocycles. The van der Waals surface area contributed by atoms with Crippen molar-refractivity contribution in [2.24, 2.45) is 5.92 Å². The first-order valence-electron chi connectivity index (χ1n) is 12.7. The van der Waals surface area contributed by atoms with Crippen LogP contribution in [0.3, 0.4) is 0 Å². The number of halogens is 1. The van der Waals surface area contributed by atoms with Crippen LogP contribution in [-0.2, 0) is 11.3 Å². The Kier molecular flexibility index (Phi) is 6.25. The van der Waals surface area contributed by atoms with Crippen molar-refractivity contribution in [3.05, 3.63) is 23.1 Å². The van der Waals surface area contributed by atoms with Gasteiger partial charge in [-0.2, -0.15) is 28.5 Å². The Bertz CT molecular complexity index is 1220. The second-order valence-electron chi connectivity index (χ2n) is 10.3. The number of rotatable bonds is 3. The smallest absolute Gasteiger partial charge is 0.229 e. The molecule has 1 aliphatic carbocycles. The van der Waals surface area contributed by atoms with Crippen molar-refractivity contribution in [1.29, 1.82) is 0 Å². The summed E-state index contributed by atoms with van der Waals surface area (Å²) < 4.78 is 11.5. The lowest BCUT2D eigenvalue weighted by atomic mass is 10.1. The molecule has 0 unspecified atom stereocenters. The Morgan fingerprint density at radius 3 is 2.60 bits per heavy atom. The molecule has 4 atom stereocenters. The maximum absolute atomic E-state index is 6.27. The molecular weight excluding hydrogens is 502 g/mol. The molecule has 186 valence electrons. The fraction of sp³-hybridized carbons (Fsp3) is 0.640. The number of thioether (sulfide) groups is 2. The Morgan fingerprint density at radius 1 is 1.06 bits per heavy atom. The Morgan fingerprint density at radius 2 is 1.94 bits per heavy atom. The summed E-state index contributed by atoms with van der Waals surface area (Å²) in [6, 6.07) is 2.86. The van der Waals surface area contributed by atoms with Gasteiger partial charge in [0, 0.05) is 54.7 Å². The van der Waals surface area contributed by atoms with Gasteiger partial charge in [0.25, 0.3) is 0 Å². The normalized spacial score (nSPS) is 29.9. The minimum Gasteiger partial charge on any atom is -0.432 e. The summed E-state index contributed by atoms with van der Waals surface area (Å²) in [5, 5.41) is 3.03. The molecule has 0 radical (unpaired) electrons. The Hall–Kier alpha value is -1.26. The Labute approximate surface area is 218 Å². The number of morpholine rings is 1. The summed E-state index contributed by atoms with van der Waals surface area (Å²) in [6.07, 6.45) is 7.85. The molecule has 35 heavy (non-hydrogen) atoms. The number of hydrogen-bond donors (Lipinski definition) is 0. The van der Waals surface area contributed by atoms with Crippen molar-refractivity contribution in [3.8, 4) is 0 Å². The van der Waals surface area contributed by atoms with Crippen molar-refractivity contribution >= 4 is 63.1 Å². The summed E-state index contributed by atoms with van der Waals surface area (Å²) >= 11 is 10.6. The lowest BCUT2D eigenvalue weighted by Gasteiger charge is -2.27. The molecule has 4 bridgehead atoms. The summed E-state index contributed by atoms with van der Waals surface area (Å²) in [7, 11) is 0. The number of aromatic nitrogens is 3. The third-order valence-corrected chi connectivity index (χ3v) is 11.1. The van der Waals surface area contributed by atoms with Crippen LogP contribution >= 0.6 is 35.1 Å². The first-order valence-corrected chi connectivity index (χ1v) is 15.2. The van der Waals surface area contributed by atoms with Gasteiger partial charge >= 0.3 is 0 Å². The van der Waals surface area contributed by atoms with Gasteiger partial charge in [0.05, 0.1) is 18.6 Å². The summed E-state index contributed by atoms with van der Waals surface area (Å²) in [5.41, 5.74) is 3.17. The van der Waals surface area contributed by atoms with E-state index < -0.39 is 0 Å².